The van der Waals surface area contributed by atoms with Gasteiger partial charge in [-0.15, -0.1) is 0 Å². The maximum absolute atomic E-state index is 12.1. The molecule has 0 bridgehead atoms. The van der Waals surface area contributed by atoms with Crippen molar-refractivity contribution in [2.24, 2.45) is 0 Å². The molecule has 6 nitrogen and oxygen atoms in total. The predicted octanol–water partition coefficient (Wildman–Crippen LogP) is 3.54. The van der Waals surface area contributed by atoms with Crippen LogP contribution in [0.4, 0.5) is 4.79 Å². The third-order valence-electron chi connectivity index (χ3n) is 3.12. The van der Waals surface area contributed by atoms with Gasteiger partial charge in [-0.1, -0.05) is 36.8 Å². The van der Waals surface area contributed by atoms with Crippen molar-refractivity contribution in [2.75, 3.05) is 0 Å². The van der Waals surface area contributed by atoms with Crippen molar-refractivity contribution in [2.45, 2.75) is 33.3 Å². The molecule has 1 heterocycles. The third-order valence-corrected chi connectivity index (χ3v) is 3.12. The van der Waals surface area contributed by atoms with Gasteiger partial charge in [0, 0.05) is 6.42 Å². The monoisotopic (exact) mass is 318 g/mol. The molecule has 2 aromatic rings. The highest BCUT2D eigenvalue weighted by Gasteiger charge is 2.16. The molecule has 0 saturated heterocycles. The number of rotatable bonds is 6. The van der Waals surface area contributed by atoms with Crippen molar-refractivity contribution in [1.29, 1.82) is 0 Å². The molecule has 1 aromatic heterocycles. The molecule has 0 atom stereocenters. The van der Waals surface area contributed by atoms with E-state index in [0.717, 1.165) is 17.2 Å². The van der Waals surface area contributed by atoms with E-state index in [1.165, 1.54) is 0 Å². The van der Waals surface area contributed by atoms with Crippen LogP contribution >= 0.6 is 0 Å². The fraction of sp³-hybridized carbons (Fsp3) is 0.294. The zero-order chi connectivity index (χ0) is 16.8. The summed E-state index contributed by atoms with van der Waals surface area (Å²) in [5.74, 6) is 0.0159. The molecule has 0 amide bonds. The Labute approximate surface area is 133 Å². The highest BCUT2D eigenvalue weighted by atomic mass is 16.7. The van der Waals surface area contributed by atoms with Crippen LogP contribution in [-0.4, -0.2) is 11.3 Å². The third kappa shape index (κ3) is 4.60. The molecule has 0 aliphatic heterocycles. The van der Waals surface area contributed by atoms with E-state index in [2.05, 4.69) is 4.74 Å². The fourth-order valence-electron chi connectivity index (χ4n) is 2.03. The summed E-state index contributed by atoms with van der Waals surface area (Å²) in [5, 5.41) is 8.61. The number of aryl methyl sites for hydroxylation is 2. The van der Waals surface area contributed by atoms with E-state index < -0.39 is 11.6 Å². The average Bonchev–Trinajstić information content (AvgIpc) is 2.48. The van der Waals surface area contributed by atoms with Crippen molar-refractivity contribution >= 4 is 6.16 Å². The zero-order valence-corrected chi connectivity index (χ0v) is 13.0. The highest BCUT2D eigenvalue weighted by Crippen LogP contribution is 2.22. The van der Waals surface area contributed by atoms with Gasteiger partial charge in [0.25, 0.3) is 5.95 Å². The lowest BCUT2D eigenvalue weighted by atomic mass is 10.2. The summed E-state index contributed by atoms with van der Waals surface area (Å²) < 4.78 is 15.3. The first-order valence-electron chi connectivity index (χ1n) is 7.25. The molecule has 0 aliphatic rings. The molecule has 23 heavy (non-hydrogen) atoms. The summed E-state index contributed by atoms with van der Waals surface area (Å²) in [5.41, 5.74) is 1.58. The van der Waals surface area contributed by atoms with Crippen molar-refractivity contribution < 1.29 is 23.8 Å². The topological polar surface area (TPSA) is 86.0 Å². The number of hydrogen-bond donors (Lipinski definition) is 1. The summed E-state index contributed by atoms with van der Waals surface area (Å²) in [4.78, 5) is 22.7. The van der Waals surface area contributed by atoms with E-state index in [1.54, 1.807) is 0 Å². The van der Waals surface area contributed by atoms with E-state index in [4.69, 9.17) is 14.3 Å². The molecule has 0 spiro atoms. The summed E-state index contributed by atoms with van der Waals surface area (Å²) in [6.45, 7) is 4.12. The van der Waals surface area contributed by atoms with Gasteiger partial charge in [-0.3, -0.25) is 4.79 Å². The summed E-state index contributed by atoms with van der Waals surface area (Å²) in [7, 11) is 0. The fourth-order valence-corrected chi connectivity index (χ4v) is 2.03. The number of ether oxygens (including phenoxy) is 2. The Morgan fingerprint density at radius 3 is 2.57 bits per heavy atom. The van der Waals surface area contributed by atoms with E-state index in [9.17, 15) is 9.59 Å². The molecule has 1 N–H and O–H groups in total. The largest absolute Gasteiger partial charge is 0.513 e. The number of hydrogen-bond acceptors (Lipinski definition) is 5. The SMILES string of the molecule is CCCc1oc(OC(=O)O)cc(=O)c1OCc1ccc(C)cc1. The highest BCUT2D eigenvalue weighted by molar-refractivity contribution is 5.60. The molecule has 0 aliphatic carbocycles. The Morgan fingerprint density at radius 1 is 1.26 bits per heavy atom. The summed E-state index contributed by atoms with van der Waals surface area (Å²) >= 11 is 0. The van der Waals surface area contributed by atoms with Gasteiger partial charge >= 0.3 is 6.16 Å². The first-order valence-corrected chi connectivity index (χ1v) is 7.25. The second kappa shape index (κ2) is 7.49. The van der Waals surface area contributed by atoms with Gasteiger partial charge in [0.2, 0.25) is 11.2 Å². The van der Waals surface area contributed by atoms with Crippen LogP contribution in [0.15, 0.2) is 39.5 Å². The van der Waals surface area contributed by atoms with Crippen LogP contribution in [0.25, 0.3) is 0 Å². The van der Waals surface area contributed by atoms with Crippen LogP contribution in [0.2, 0.25) is 0 Å². The van der Waals surface area contributed by atoms with Crippen LogP contribution in [0.1, 0.15) is 30.2 Å². The Hall–Kier alpha value is -2.76. The Morgan fingerprint density at radius 2 is 1.96 bits per heavy atom. The minimum atomic E-state index is -1.54. The van der Waals surface area contributed by atoms with Crippen molar-refractivity contribution in [3.63, 3.8) is 0 Å². The molecule has 6 heteroatoms. The lowest BCUT2D eigenvalue weighted by Gasteiger charge is -2.10. The quantitative estimate of drug-likeness (QED) is 0.820. The van der Waals surface area contributed by atoms with Crippen LogP contribution in [0.3, 0.4) is 0 Å². The second-order valence-electron chi connectivity index (χ2n) is 5.07. The molecular formula is C17H18O6. The van der Waals surface area contributed by atoms with Gasteiger partial charge in [0.15, 0.2) is 5.76 Å². The Kier molecular flexibility index (Phi) is 5.41. The van der Waals surface area contributed by atoms with Crippen LogP contribution in [-0.2, 0) is 13.0 Å². The maximum Gasteiger partial charge on any atom is 0.513 e. The van der Waals surface area contributed by atoms with Gasteiger partial charge in [0.05, 0.1) is 6.07 Å². The molecule has 122 valence electrons. The minimum Gasteiger partial charge on any atom is -0.482 e. The Balaban J connectivity index is 2.23. The van der Waals surface area contributed by atoms with E-state index in [-0.39, 0.29) is 24.1 Å². The lowest BCUT2D eigenvalue weighted by Crippen LogP contribution is -2.13. The first-order chi connectivity index (χ1) is 11.0. The molecule has 0 saturated carbocycles. The number of carboxylic acid groups (broad SMARTS) is 1. The first kappa shape index (κ1) is 16.6. The standard InChI is InChI=1S/C17H18O6/c1-3-4-14-16(13(18)9-15(22-14)23-17(19)20)21-10-12-7-5-11(2)6-8-12/h5-9H,3-4,10H2,1-2H3,(H,19,20). The van der Waals surface area contributed by atoms with Crippen LogP contribution in [0.5, 0.6) is 11.7 Å². The number of benzene rings is 1. The average molecular weight is 318 g/mol. The summed E-state index contributed by atoms with van der Waals surface area (Å²) in [6, 6.07) is 8.71. The van der Waals surface area contributed by atoms with Gasteiger partial charge in [0.1, 0.15) is 6.61 Å². The van der Waals surface area contributed by atoms with Gasteiger partial charge in [-0.25, -0.2) is 4.79 Å². The maximum atomic E-state index is 12.1. The summed E-state index contributed by atoms with van der Waals surface area (Å²) in [6.07, 6.45) is -0.390. The lowest BCUT2D eigenvalue weighted by molar-refractivity contribution is 0.129. The molecule has 2 rings (SSSR count). The van der Waals surface area contributed by atoms with Gasteiger partial charge in [-0.05, 0) is 18.9 Å². The normalized spacial score (nSPS) is 10.3. The van der Waals surface area contributed by atoms with Gasteiger partial charge < -0.3 is 19.0 Å². The van der Waals surface area contributed by atoms with Crippen molar-refractivity contribution in [3.05, 3.63) is 57.4 Å². The second-order valence-corrected chi connectivity index (χ2v) is 5.07. The molecule has 0 radical (unpaired) electrons. The minimum absolute atomic E-state index is 0.0881. The van der Waals surface area contributed by atoms with Gasteiger partial charge in [-0.2, -0.15) is 0 Å². The predicted molar refractivity (Wildman–Crippen MR) is 83.1 cm³/mol. The Bertz CT molecular complexity index is 730. The van der Waals surface area contributed by atoms with Crippen LogP contribution in [0, 0.1) is 6.92 Å². The number of carbonyl (C=O) groups is 1. The molecule has 0 fully saturated rings. The molecular weight excluding hydrogens is 300 g/mol. The van der Waals surface area contributed by atoms with Crippen LogP contribution < -0.4 is 14.9 Å². The molecule has 0 unspecified atom stereocenters. The van der Waals surface area contributed by atoms with E-state index in [0.29, 0.717) is 12.8 Å². The van der Waals surface area contributed by atoms with Crippen molar-refractivity contribution in [1.82, 2.24) is 0 Å². The van der Waals surface area contributed by atoms with Crippen molar-refractivity contribution in [3.8, 4) is 11.7 Å². The smallest absolute Gasteiger partial charge is 0.482 e. The molecule has 1 aromatic carbocycles. The van der Waals surface area contributed by atoms with E-state index in [1.807, 2.05) is 38.1 Å². The zero-order valence-electron chi connectivity index (χ0n) is 13.0. The van der Waals surface area contributed by atoms with E-state index >= 15 is 0 Å².